The molecule has 0 saturated heterocycles. The lowest BCUT2D eigenvalue weighted by molar-refractivity contribution is -0.140. The van der Waals surface area contributed by atoms with Gasteiger partial charge in [0.15, 0.2) is 0 Å². The molecule has 1 saturated carbocycles. The number of sulfonamides is 1. The smallest absolute Gasteiger partial charge is 0.264 e. The van der Waals surface area contributed by atoms with Crippen molar-refractivity contribution < 1.29 is 22.4 Å². The topological polar surface area (TPSA) is 86.8 Å². The number of rotatable bonds is 12. The van der Waals surface area contributed by atoms with Crippen molar-refractivity contribution in [3.63, 3.8) is 0 Å². The third-order valence-corrected chi connectivity index (χ3v) is 10.6. The van der Waals surface area contributed by atoms with E-state index < -0.39 is 34.3 Å². The fraction of sp³-hybridized carbons (Fsp3) is 0.316. The number of nitrogens with one attached hydrogen (secondary N) is 1. The molecule has 9 heteroatoms. The molecule has 2 amide bonds. The van der Waals surface area contributed by atoms with E-state index in [0.717, 1.165) is 58.7 Å². The van der Waals surface area contributed by atoms with Gasteiger partial charge < -0.3 is 10.2 Å². The Morgan fingerprint density at radius 1 is 0.830 bits per heavy atom. The van der Waals surface area contributed by atoms with E-state index in [-0.39, 0.29) is 35.5 Å². The number of nitrogens with zero attached hydrogens (tertiary/aromatic N) is 2. The second-order valence-electron chi connectivity index (χ2n) is 12.3. The minimum Gasteiger partial charge on any atom is -0.352 e. The SMILES string of the molecule is Cc1ccc(S(=O)(=O)N(CC(=O)N(Cc2ccccc2C)[C@H](Cc2ccccc2)C(=O)NC2CCCCC2)c2ccccc2F)cc1. The van der Waals surface area contributed by atoms with E-state index in [1.807, 2.05) is 68.4 Å². The lowest BCUT2D eigenvalue weighted by Crippen LogP contribution is -2.55. The molecule has 0 spiro atoms. The van der Waals surface area contributed by atoms with Crippen molar-refractivity contribution in [2.45, 2.75) is 75.9 Å². The van der Waals surface area contributed by atoms with Crippen molar-refractivity contribution in [3.8, 4) is 0 Å². The Morgan fingerprint density at radius 3 is 2.15 bits per heavy atom. The number of carbonyl (C=O) groups excluding carboxylic acids is 2. The third kappa shape index (κ3) is 8.46. The second kappa shape index (κ2) is 15.4. The molecular weight excluding hydrogens is 614 g/mol. The quantitative estimate of drug-likeness (QED) is 0.184. The molecule has 0 unspecified atom stereocenters. The van der Waals surface area contributed by atoms with Crippen LogP contribution in [0.25, 0.3) is 0 Å². The van der Waals surface area contributed by atoms with Gasteiger partial charge in [-0.15, -0.1) is 0 Å². The van der Waals surface area contributed by atoms with Crippen LogP contribution in [0.15, 0.2) is 108 Å². The average molecular weight is 656 g/mol. The number of hydrogen-bond donors (Lipinski definition) is 1. The van der Waals surface area contributed by atoms with E-state index in [4.69, 9.17) is 0 Å². The Labute approximate surface area is 277 Å². The van der Waals surface area contributed by atoms with Gasteiger partial charge in [-0.05, 0) is 67.6 Å². The summed E-state index contributed by atoms with van der Waals surface area (Å²) < 4.78 is 44.4. The predicted molar refractivity (Wildman–Crippen MR) is 183 cm³/mol. The summed E-state index contributed by atoms with van der Waals surface area (Å²) in [4.78, 5) is 30.2. The molecular formula is C38H42FN3O4S. The van der Waals surface area contributed by atoms with Crippen LogP contribution < -0.4 is 9.62 Å². The van der Waals surface area contributed by atoms with Crippen LogP contribution in [0.3, 0.4) is 0 Å². The largest absolute Gasteiger partial charge is 0.352 e. The Balaban J connectivity index is 1.58. The second-order valence-corrected chi connectivity index (χ2v) is 14.1. The van der Waals surface area contributed by atoms with Crippen LogP contribution in [0.5, 0.6) is 0 Å². The van der Waals surface area contributed by atoms with Crippen LogP contribution in [0.1, 0.15) is 54.4 Å². The maximum absolute atomic E-state index is 15.3. The van der Waals surface area contributed by atoms with Crippen molar-refractivity contribution in [3.05, 3.63) is 131 Å². The monoisotopic (exact) mass is 655 g/mol. The van der Waals surface area contributed by atoms with Crippen molar-refractivity contribution >= 4 is 27.5 Å². The van der Waals surface area contributed by atoms with Crippen LogP contribution in [-0.4, -0.2) is 43.8 Å². The normalized spacial score (nSPS) is 14.3. The van der Waals surface area contributed by atoms with Crippen molar-refractivity contribution in [2.24, 2.45) is 0 Å². The van der Waals surface area contributed by atoms with E-state index in [2.05, 4.69) is 5.32 Å². The Hall–Kier alpha value is -4.50. The van der Waals surface area contributed by atoms with Gasteiger partial charge in [0.25, 0.3) is 10.0 Å². The van der Waals surface area contributed by atoms with Crippen molar-refractivity contribution in [1.82, 2.24) is 10.2 Å². The molecule has 246 valence electrons. The number of para-hydroxylation sites is 1. The van der Waals surface area contributed by atoms with Gasteiger partial charge in [0, 0.05) is 19.0 Å². The summed E-state index contributed by atoms with van der Waals surface area (Å²) >= 11 is 0. The lowest BCUT2D eigenvalue weighted by Gasteiger charge is -2.35. The predicted octanol–water partition coefficient (Wildman–Crippen LogP) is 6.73. The first-order valence-corrected chi connectivity index (χ1v) is 17.6. The van der Waals surface area contributed by atoms with Crippen LogP contribution in [0, 0.1) is 19.7 Å². The number of hydrogen-bond acceptors (Lipinski definition) is 4. The fourth-order valence-electron chi connectivity index (χ4n) is 6.07. The highest BCUT2D eigenvalue weighted by Crippen LogP contribution is 2.28. The number of carbonyl (C=O) groups is 2. The molecule has 1 aliphatic carbocycles. The molecule has 0 bridgehead atoms. The van der Waals surface area contributed by atoms with Gasteiger partial charge >= 0.3 is 0 Å². The standard InChI is InChI=1S/C38H42FN3O4S/c1-28-21-23-33(24-22-28)47(45,46)42(35-20-12-11-19-34(35)39)27-37(43)41(26-31-16-10-9-13-29(31)2)36(25-30-14-5-3-6-15-30)38(44)40-32-17-7-4-8-18-32/h3,5-6,9-16,19-24,32,36H,4,7-8,17-18,25-27H2,1-2H3,(H,40,44)/t36-/m1/s1. The van der Waals surface area contributed by atoms with E-state index in [9.17, 15) is 18.0 Å². The Kier molecular flexibility index (Phi) is 11.1. The van der Waals surface area contributed by atoms with Gasteiger partial charge in [-0.25, -0.2) is 12.8 Å². The summed E-state index contributed by atoms with van der Waals surface area (Å²) in [6.45, 7) is 3.13. The van der Waals surface area contributed by atoms with Crippen molar-refractivity contribution in [2.75, 3.05) is 10.8 Å². The highest BCUT2D eigenvalue weighted by atomic mass is 32.2. The fourth-order valence-corrected chi connectivity index (χ4v) is 7.50. The summed E-state index contributed by atoms with van der Waals surface area (Å²) in [6, 6.07) is 27.8. The van der Waals surface area contributed by atoms with Gasteiger partial charge in [0.05, 0.1) is 10.6 Å². The number of anilines is 1. The first-order valence-electron chi connectivity index (χ1n) is 16.2. The van der Waals surface area contributed by atoms with Gasteiger partial charge in [0.2, 0.25) is 11.8 Å². The molecule has 4 aromatic rings. The van der Waals surface area contributed by atoms with Crippen LogP contribution in [-0.2, 0) is 32.6 Å². The first-order chi connectivity index (χ1) is 22.6. The number of halogens is 1. The van der Waals surface area contributed by atoms with Gasteiger partial charge in [0.1, 0.15) is 18.4 Å². The molecule has 4 aromatic carbocycles. The molecule has 1 N–H and O–H groups in total. The molecule has 0 radical (unpaired) electrons. The first kappa shape index (κ1) is 33.9. The molecule has 1 aliphatic rings. The van der Waals surface area contributed by atoms with Crippen LogP contribution >= 0.6 is 0 Å². The number of benzene rings is 4. The third-order valence-electron chi connectivity index (χ3n) is 8.83. The summed E-state index contributed by atoms with van der Waals surface area (Å²) in [5, 5.41) is 3.21. The minimum absolute atomic E-state index is 0.00163. The zero-order valence-corrected chi connectivity index (χ0v) is 27.8. The minimum atomic E-state index is -4.39. The van der Waals surface area contributed by atoms with Gasteiger partial charge in [-0.3, -0.25) is 13.9 Å². The van der Waals surface area contributed by atoms with Crippen LogP contribution in [0.2, 0.25) is 0 Å². The Morgan fingerprint density at radius 2 is 1.47 bits per heavy atom. The molecule has 47 heavy (non-hydrogen) atoms. The van der Waals surface area contributed by atoms with E-state index in [1.54, 1.807) is 12.1 Å². The molecule has 7 nitrogen and oxygen atoms in total. The number of amides is 2. The van der Waals surface area contributed by atoms with E-state index >= 15 is 4.39 Å². The zero-order chi connectivity index (χ0) is 33.4. The van der Waals surface area contributed by atoms with Crippen LogP contribution in [0.4, 0.5) is 10.1 Å². The van der Waals surface area contributed by atoms with Gasteiger partial charge in [-0.1, -0.05) is 104 Å². The van der Waals surface area contributed by atoms with Crippen molar-refractivity contribution in [1.29, 1.82) is 0 Å². The van der Waals surface area contributed by atoms with E-state index in [0.29, 0.717) is 0 Å². The maximum Gasteiger partial charge on any atom is 0.264 e. The summed E-state index contributed by atoms with van der Waals surface area (Å²) in [6.07, 6.45) is 5.13. The molecule has 0 aromatic heterocycles. The molecule has 1 atom stereocenters. The Bertz CT molecular complexity index is 1770. The summed E-state index contributed by atoms with van der Waals surface area (Å²) in [5.74, 6) is -1.69. The zero-order valence-electron chi connectivity index (χ0n) is 26.9. The van der Waals surface area contributed by atoms with Gasteiger partial charge in [-0.2, -0.15) is 0 Å². The highest BCUT2D eigenvalue weighted by molar-refractivity contribution is 7.92. The van der Waals surface area contributed by atoms with E-state index in [1.165, 1.54) is 41.3 Å². The average Bonchev–Trinajstić information content (AvgIpc) is 3.07. The summed E-state index contributed by atoms with van der Waals surface area (Å²) in [7, 11) is -4.39. The maximum atomic E-state index is 15.3. The summed E-state index contributed by atoms with van der Waals surface area (Å²) in [5.41, 5.74) is 3.22. The molecule has 0 aliphatic heterocycles. The molecule has 0 heterocycles. The molecule has 5 rings (SSSR count). The number of aryl methyl sites for hydroxylation is 2. The molecule has 1 fully saturated rings. The lowest BCUT2D eigenvalue weighted by atomic mass is 9.94. The highest BCUT2D eigenvalue weighted by Gasteiger charge is 2.36.